The minimum absolute atomic E-state index is 0.0159. The molecule has 0 fully saturated rings. The first-order valence-corrected chi connectivity index (χ1v) is 15.7. The number of halogens is 10. The molecule has 0 N–H and O–H groups in total. The van der Waals surface area contributed by atoms with E-state index >= 15 is 17.6 Å². The van der Waals surface area contributed by atoms with Crippen LogP contribution in [0.3, 0.4) is 0 Å². The molecule has 0 spiro atoms. The van der Waals surface area contributed by atoms with Crippen LogP contribution in [0.4, 0.5) is 78.0 Å². The number of hydrogen-bond donors (Lipinski definition) is 0. The summed E-state index contributed by atoms with van der Waals surface area (Å²) < 4.78 is 150. The van der Waals surface area contributed by atoms with Crippen molar-refractivity contribution in [1.29, 1.82) is 0 Å². The second-order valence-corrected chi connectivity index (χ2v) is 12.3. The summed E-state index contributed by atoms with van der Waals surface area (Å²) >= 11 is 0.971. The van der Waals surface area contributed by atoms with E-state index in [9.17, 15) is 26.3 Å². The third kappa shape index (κ3) is 4.61. The van der Waals surface area contributed by atoms with E-state index < -0.39 is 83.5 Å². The third-order valence-corrected chi connectivity index (χ3v) is 9.84. The molecule has 2 aliphatic heterocycles. The summed E-state index contributed by atoms with van der Waals surface area (Å²) in [6.07, 6.45) is 0. The first-order valence-electron chi connectivity index (χ1n) is 14.9. The fourth-order valence-corrected chi connectivity index (χ4v) is 7.84. The number of benzene rings is 4. The highest BCUT2D eigenvalue weighted by Crippen LogP contribution is 2.50. The van der Waals surface area contributed by atoms with Gasteiger partial charge in [0.2, 0.25) is 11.6 Å². The molecular formula is C32H20B2F10N4S. The Balaban J connectivity index is 1.50. The number of rotatable bonds is 6. The van der Waals surface area contributed by atoms with E-state index in [1.54, 1.807) is 6.07 Å². The summed E-state index contributed by atoms with van der Waals surface area (Å²) in [4.78, 5) is 5.33. The van der Waals surface area contributed by atoms with Crippen LogP contribution < -0.4 is 28.8 Å². The van der Waals surface area contributed by atoms with Gasteiger partial charge < -0.3 is 19.2 Å². The summed E-state index contributed by atoms with van der Waals surface area (Å²) in [5.41, 5.74) is -1.87. The van der Waals surface area contributed by atoms with E-state index in [1.807, 2.05) is 38.1 Å². The van der Waals surface area contributed by atoms with E-state index in [-0.39, 0.29) is 16.2 Å². The summed E-state index contributed by atoms with van der Waals surface area (Å²) in [6, 6.07) is 15.5. The second-order valence-electron chi connectivity index (χ2n) is 11.1. The van der Waals surface area contributed by atoms with Gasteiger partial charge in [-0.05, 0) is 38.1 Å². The lowest BCUT2D eigenvalue weighted by molar-refractivity contribution is 0.380. The van der Waals surface area contributed by atoms with Crippen LogP contribution in [-0.4, -0.2) is 27.1 Å². The second kappa shape index (κ2) is 12.0. The van der Waals surface area contributed by atoms with Crippen LogP contribution in [0.5, 0.6) is 0 Å². The Morgan fingerprint density at radius 2 is 0.735 bits per heavy atom. The van der Waals surface area contributed by atoms with Crippen molar-refractivity contribution >= 4 is 69.0 Å². The SMILES string of the molecule is CCN1B(c2ccc(B3N(c4c(F)c(F)c(F)c(F)c4F)c4ccccc4N3c3c(F)c(F)c(F)c(F)c3F)s2)N(CC)c2ccccc21. The van der Waals surface area contributed by atoms with Gasteiger partial charge >= 0.3 is 14.0 Å². The van der Waals surface area contributed by atoms with Crippen molar-refractivity contribution in [3.8, 4) is 0 Å². The summed E-state index contributed by atoms with van der Waals surface area (Å²) in [5.74, 6) is -23.2. The predicted molar refractivity (Wildman–Crippen MR) is 171 cm³/mol. The molecule has 4 nitrogen and oxygen atoms in total. The Bertz CT molecular complexity index is 1960. The van der Waals surface area contributed by atoms with Gasteiger partial charge in [-0.3, -0.25) is 0 Å². The third-order valence-electron chi connectivity index (χ3n) is 8.67. The van der Waals surface area contributed by atoms with Gasteiger partial charge in [-0.2, -0.15) is 11.3 Å². The van der Waals surface area contributed by atoms with Gasteiger partial charge in [0.25, 0.3) is 0 Å². The van der Waals surface area contributed by atoms with Gasteiger partial charge in [0.1, 0.15) is 11.4 Å². The van der Waals surface area contributed by atoms with Crippen LogP contribution in [0, 0.1) is 58.2 Å². The number of anilines is 6. The largest absolute Gasteiger partial charge is 0.431 e. The zero-order chi connectivity index (χ0) is 35.0. The minimum atomic E-state index is -2.45. The molecule has 5 aromatic rings. The zero-order valence-corrected chi connectivity index (χ0v) is 26.1. The molecule has 0 aliphatic carbocycles. The molecule has 49 heavy (non-hydrogen) atoms. The lowest BCUT2D eigenvalue weighted by Crippen LogP contribution is -2.56. The number of para-hydroxylation sites is 4. The molecule has 4 aromatic carbocycles. The Hall–Kier alpha value is -4.79. The van der Waals surface area contributed by atoms with Gasteiger partial charge in [-0.25, -0.2) is 43.9 Å². The minimum Gasteiger partial charge on any atom is -0.390 e. The normalized spacial score (nSPS) is 14.0. The first-order chi connectivity index (χ1) is 23.4. The van der Waals surface area contributed by atoms with E-state index in [0.717, 1.165) is 34.8 Å². The maximum Gasteiger partial charge on any atom is 0.431 e. The molecule has 1 aromatic heterocycles. The number of nitrogens with zero attached hydrogens (tertiary/aromatic N) is 4. The fourth-order valence-electron chi connectivity index (χ4n) is 6.62. The van der Waals surface area contributed by atoms with Crippen molar-refractivity contribution < 1.29 is 43.9 Å². The summed E-state index contributed by atoms with van der Waals surface area (Å²) in [7, 11) is 0. The molecule has 2 aliphatic rings. The quantitative estimate of drug-likeness (QED) is 0.0772. The van der Waals surface area contributed by atoms with Gasteiger partial charge in [-0.15, -0.1) is 0 Å². The monoisotopic (exact) mass is 704 g/mol. The van der Waals surface area contributed by atoms with Crippen LogP contribution in [-0.2, 0) is 0 Å². The van der Waals surface area contributed by atoms with E-state index in [4.69, 9.17) is 0 Å². The van der Waals surface area contributed by atoms with Crippen molar-refractivity contribution in [2.24, 2.45) is 0 Å². The van der Waals surface area contributed by atoms with Crippen LogP contribution in [0.15, 0.2) is 60.7 Å². The van der Waals surface area contributed by atoms with Gasteiger partial charge in [0, 0.05) is 34.0 Å². The maximum absolute atomic E-state index is 15.6. The van der Waals surface area contributed by atoms with Crippen molar-refractivity contribution in [1.82, 2.24) is 0 Å². The molecule has 3 heterocycles. The highest BCUT2D eigenvalue weighted by atomic mass is 32.1. The van der Waals surface area contributed by atoms with Crippen LogP contribution in [0.2, 0.25) is 0 Å². The fraction of sp³-hybridized carbons (Fsp3) is 0.125. The van der Waals surface area contributed by atoms with Gasteiger partial charge in [0.05, 0.1) is 11.4 Å². The molecule has 0 saturated carbocycles. The van der Waals surface area contributed by atoms with E-state index in [1.165, 1.54) is 18.2 Å². The van der Waals surface area contributed by atoms with Crippen LogP contribution in [0.1, 0.15) is 13.8 Å². The van der Waals surface area contributed by atoms with Gasteiger partial charge in [0.15, 0.2) is 46.5 Å². The predicted octanol–water partition coefficient (Wildman–Crippen LogP) is 7.89. The highest BCUT2D eigenvalue weighted by molar-refractivity contribution is 7.33. The molecular weight excluding hydrogens is 684 g/mol. The molecule has 7 rings (SSSR count). The lowest BCUT2D eigenvalue weighted by Gasteiger charge is -2.30. The van der Waals surface area contributed by atoms with E-state index in [0.29, 0.717) is 27.5 Å². The maximum atomic E-state index is 15.6. The molecule has 17 heteroatoms. The zero-order valence-electron chi connectivity index (χ0n) is 25.3. The number of fused-ring (bicyclic) bond motifs is 2. The van der Waals surface area contributed by atoms with Crippen molar-refractivity contribution in [2.75, 3.05) is 32.3 Å². The standard InChI is InChI=1S/C32H20B2F10N4S/c1-3-45-15-9-5-6-10-16(15)46(4-2)33(45)19-13-14-20(49-19)34-47(31-27(41)23(37)21(35)24(38)28(31)42)17-11-7-8-12-18(17)48(34)32-29(43)25(39)22(36)26(40)30(32)44/h5-14H,3-4H2,1-2H3. The molecule has 0 radical (unpaired) electrons. The Morgan fingerprint density at radius 3 is 1.08 bits per heavy atom. The van der Waals surface area contributed by atoms with Crippen molar-refractivity contribution in [3.05, 3.63) is 119 Å². The van der Waals surface area contributed by atoms with Crippen molar-refractivity contribution in [2.45, 2.75) is 13.8 Å². The molecule has 0 unspecified atom stereocenters. The van der Waals surface area contributed by atoms with Crippen molar-refractivity contribution in [3.63, 3.8) is 0 Å². The summed E-state index contributed by atoms with van der Waals surface area (Å²) in [6.45, 7) is 2.51. The number of thiophene rings is 1. The average Bonchev–Trinajstić information content (AvgIpc) is 3.81. The molecule has 0 atom stereocenters. The molecule has 0 saturated heterocycles. The number of hydrogen-bond acceptors (Lipinski definition) is 5. The topological polar surface area (TPSA) is 13.0 Å². The summed E-state index contributed by atoms with van der Waals surface area (Å²) in [5, 5.41) is 0. The van der Waals surface area contributed by atoms with E-state index in [2.05, 4.69) is 9.62 Å². The first kappa shape index (κ1) is 32.7. The Kier molecular flexibility index (Phi) is 8.00. The highest BCUT2D eigenvalue weighted by Gasteiger charge is 2.51. The van der Waals surface area contributed by atoms with Crippen LogP contribution >= 0.6 is 11.3 Å². The van der Waals surface area contributed by atoms with Crippen LogP contribution in [0.25, 0.3) is 0 Å². The average molecular weight is 704 g/mol. The Labute approximate surface area is 277 Å². The molecule has 0 amide bonds. The molecule has 250 valence electrons. The lowest BCUT2D eigenvalue weighted by atomic mass is 9.69. The Morgan fingerprint density at radius 1 is 0.429 bits per heavy atom. The smallest absolute Gasteiger partial charge is 0.390 e. The molecule has 0 bridgehead atoms. The van der Waals surface area contributed by atoms with Gasteiger partial charge in [-0.1, -0.05) is 36.4 Å².